The molecule has 0 fully saturated rings. The van der Waals surface area contributed by atoms with Crippen molar-refractivity contribution in [2.24, 2.45) is 0 Å². The molecular weight excluding hydrogens is 156 g/mol. The van der Waals surface area contributed by atoms with Gasteiger partial charge in [0.15, 0.2) is 0 Å². The van der Waals surface area contributed by atoms with E-state index in [1.807, 2.05) is 0 Å². The van der Waals surface area contributed by atoms with Crippen LogP contribution in [0.3, 0.4) is 0 Å². The minimum absolute atomic E-state index is 1.11. The molecule has 0 saturated heterocycles. The molecule has 0 unspecified atom stereocenters. The molecule has 0 rings (SSSR count). The van der Waals surface area contributed by atoms with E-state index in [0.717, 1.165) is 12.8 Å². The van der Waals surface area contributed by atoms with Crippen LogP contribution in [0.15, 0.2) is 34.9 Å². The van der Waals surface area contributed by atoms with Gasteiger partial charge in [-0.05, 0) is 39.2 Å². The fourth-order valence-electron chi connectivity index (χ4n) is 1.04. The highest BCUT2D eigenvalue weighted by Crippen LogP contribution is 2.11. The van der Waals surface area contributed by atoms with Crippen molar-refractivity contribution < 1.29 is 0 Å². The quantitative estimate of drug-likeness (QED) is 0.550. The Balaban J connectivity index is 4.61. The van der Waals surface area contributed by atoms with Gasteiger partial charge in [-0.3, -0.25) is 0 Å². The Kier molecular flexibility index (Phi) is 6.30. The first-order valence-corrected chi connectivity index (χ1v) is 5.14. The zero-order valence-electron chi connectivity index (χ0n) is 9.65. The van der Waals surface area contributed by atoms with Crippen molar-refractivity contribution in [1.82, 2.24) is 0 Å². The van der Waals surface area contributed by atoms with E-state index in [-0.39, 0.29) is 0 Å². The number of hydrogen-bond donors (Lipinski definition) is 0. The van der Waals surface area contributed by atoms with Crippen molar-refractivity contribution in [2.75, 3.05) is 0 Å². The van der Waals surface area contributed by atoms with Crippen molar-refractivity contribution in [3.8, 4) is 0 Å². The topological polar surface area (TPSA) is 0 Å². The van der Waals surface area contributed by atoms with E-state index in [9.17, 15) is 0 Å². The first kappa shape index (κ1) is 12.2. The molecular formula is C13H22. The monoisotopic (exact) mass is 178 g/mol. The van der Waals surface area contributed by atoms with Crippen LogP contribution in [-0.4, -0.2) is 0 Å². The molecule has 0 bridgehead atoms. The fraction of sp³-hybridized carbons (Fsp3) is 0.538. The van der Waals surface area contributed by atoms with Crippen molar-refractivity contribution in [3.05, 3.63) is 34.9 Å². The maximum absolute atomic E-state index is 2.30. The Hall–Kier alpha value is -0.780. The molecule has 0 heteroatoms. The maximum Gasteiger partial charge on any atom is -0.0307 e. The van der Waals surface area contributed by atoms with Crippen LogP contribution in [0.25, 0.3) is 0 Å². The molecule has 0 N–H and O–H groups in total. The lowest BCUT2D eigenvalue weighted by atomic mass is 10.1. The van der Waals surface area contributed by atoms with Gasteiger partial charge in [0.2, 0.25) is 0 Å². The van der Waals surface area contributed by atoms with Gasteiger partial charge in [-0.15, -0.1) is 0 Å². The normalized spacial score (nSPS) is 15.0. The summed E-state index contributed by atoms with van der Waals surface area (Å²) < 4.78 is 0. The van der Waals surface area contributed by atoms with Gasteiger partial charge >= 0.3 is 0 Å². The van der Waals surface area contributed by atoms with E-state index in [2.05, 4.69) is 52.8 Å². The van der Waals surface area contributed by atoms with E-state index in [0.29, 0.717) is 0 Å². The average molecular weight is 178 g/mol. The maximum atomic E-state index is 2.30. The van der Waals surface area contributed by atoms with Gasteiger partial charge in [0.1, 0.15) is 0 Å². The first-order chi connectivity index (χ1) is 6.13. The molecule has 0 amide bonds. The lowest BCUT2D eigenvalue weighted by Gasteiger charge is -2.01. The highest BCUT2D eigenvalue weighted by atomic mass is 14.0. The van der Waals surface area contributed by atoms with Gasteiger partial charge in [0.05, 0.1) is 0 Å². The van der Waals surface area contributed by atoms with Gasteiger partial charge in [-0.25, -0.2) is 0 Å². The second-order valence-electron chi connectivity index (χ2n) is 3.45. The predicted molar refractivity (Wildman–Crippen MR) is 61.9 cm³/mol. The smallest absolute Gasteiger partial charge is 0.0307 e. The SMILES string of the molecule is C/C=C(C)/C=C(/C=C(\C)CC)CC. The summed E-state index contributed by atoms with van der Waals surface area (Å²) in [6, 6.07) is 0. The van der Waals surface area contributed by atoms with Crippen LogP contribution in [-0.2, 0) is 0 Å². The van der Waals surface area contributed by atoms with Gasteiger partial charge in [-0.1, -0.05) is 43.2 Å². The second-order valence-corrected chi connectivity index (χ2v) is 3.45. The number of hydrogen-bond acceptors (Lipinski definition) is 0. The Morgan fingerprint density at radius 1 is 1.00 bits per heavy atom. The largest absolute Gasteiger partial charge is 0.0847 e. The molecule has 0 aromatic heterocycles. The third-order valence-corrected chi connectivity index (χ3v) is 2.27. The summed E-state index contributed by atoms with van der Waals surface area (Å²) in [5.41, 5.74) is 4.23. The molecule has 0 heterocycles. The zero-order valence-corrected chi connectivity index (χ0v) is 9.65. The summed E-state index contributed by atoms with van der Waals surface area (Å²) in [4.78, 5) is 0. The predicted octanol–water partition coefficient (Wildman–Crippen LogP) is 4.65. The van der Waals surface area contributed by atoms with Crippen LogP contribution in [0.5, 0.6) is 0 Å². The summed E-state index contributed by atoms with van der Waals surface area (Å²) >= 11 is 0. The molecule has 0 nitrogen and oxygen atoms in total. The number of rotatable bonds is 4. The van der Waals surface area contributed by atoms with Crippen molar-refractivity contribution >= 4 is 0 Å². The lowest BCUT2D eigenvalue weighted by Crippen LogP contribution is -1.80. The molecule has 0 aliphatic carbocycles. The minimum Gasteiger partial charge on any atom is -0.0847 e. The van der Waals surface area contributed by atoms with Gasteiger partial charge in [-0.2, -0.15) is 0 Å². The molecule has 0 spiro atoms. The van der Waals surface area contributed by atoms with E-state index in [4.69, 9.17) is 0 Å². The van der Waals surface area contributed by atoms with Gasteiger partial charge < -0.3 is 0 Å². The molecule has 74 valence electrons. The number of allylic oxidation sites excluding steroid dienone is 6. The Morgan fingerprint density at radius 3 is 2.00 bits per heavy atom. The Morgan fingerprint density at radius 2 is 1.62 bits per heavy atom. The molecule has 0 aromatic rings. The van der Waals surface area contributed by atoms with Crippen LogP contribution in [0, 0.1) is 0 Å². The van der Waals surface area contributed by atoms with E-state index >= 15 is 0 Å². The highest BCUT2D eigenvalue weighted by molar-refractivity contribution is 5.30. The first-order valence-electron chi connectivity index (χ1n) is 5.14. The fourth-order valence-corrected chi connectivity index (χ4v) is 1.04. The Labute approximate surface area is 83.0 Å². The van der Waals surface area contributed by atoms with E-state index < -0.39 is 0 Å². The van der Waals surface area contributed by atoms with Gasteiger partial charge in [0.25, 0.3) is 0 Å². The van der Waals surface area contributed by atoms with Crippen LogP contribution in [0.2, 0.25) is 0 Å². The molecule has 13 heavy (non-hydrogen) atoms. The average Bonchev–Trinajstić information content (AvgIpc) is 2.16. The molecule has 0 saturated carbocycles. The van der Waals surface area contributed by atoms with Gasteiger partial charge in [0, 0.05) is 0 Å². The third-order valence-electron chi connectivity index (χ3n) is 2.27. The van der Waals surface area contributed by atoms with Crippen LogP contribution in [0.1, 0.15) is 47.5 Å². The Bertz CT molecular complexity index is 226. The molecule has 0 aliphatic rings. The molecule has 0 aromatic carbocycles. The van der Waals surface area contributed by atoms with Crippen LogP contribution in [0.4, 0.5) is 0 Å². The third kappa shape index (κ3) is 5.46. The van der Waals surface area contributed by atoms with E-state index in [1.165, 1.54) is 16.7 Å². The molecule has 0 atom stereocenters. The summed E-state index contributed by atoms with van der Waals surface area (Å²) in [5, 5.41) is 0. The summed E-state index contributed by atoms with van der Waals surface area (Å²) in [6.45, 7) is 10.8. The second kappa shape index (κ2) is 6.71. The highest BCUT2D eigenvalue weighted by Gasteiger charge is 1.91. The van der Waals surface area contributed by atoms with E-state index in [1.54, 1.807) is 0 Å². The molecule has 0 radical (unpaired) electrons. The minimum atomic E-state index is 1.11. The summed E-state index contributed by atoms with van der Waals surface area (Å²) in [5.74, 6) is 0. The molecule has 0 aliphatic heterocycles. The summed E-state index contributed by atoms with van der Waals surface area (Å²) in [6.07, 6.45) is 8.96. The van der Waals surface area contributed by atoms with Crippen LogP contribution >= 0.6 is 0 Å². The van der Waals surface area contributed by atoms with Crippen molar-refractivity contribution in [1.29, 1.82) is 0 Å². The standard InChI is InChI=1S/C13H22/c1-6-11(4)9-13(8-3)10-12(5)7-2/h6,9-10H,7-8H2,1-5H3/b11-6+,12-10+,13-9+. The van der Waals surface area contributed by atoms with Crippen molar-refractivity contribution in [3.63, 3.8) is 0 Å². The van der Waals surface area contributed by atoms with Crippen molar-refractivity contribution in [2.45, 2.75) is 47.5 Å². The zero-order chi connectivity index (χ0) is 10.3. The van der Waals surface area contributed by atoms with Crippen LogP contribution < -0.4 is 0 Å². The summed E-state index contributed by atoms with van der Waals surface area (Å²) in [7, 11) is 0. The lowest BCUT2D eigenvalue weighted by molar-refractivity contribution is 1.07.